The number of methoxy groups -OCH3 is 1. The van der Waals surface area contributed by atoms with Gasteiger partial charge in [0, 0.05) is 36.1 Å². The normalized spacial score (nSPS) is 14.5. The molecule has 11 heteroatoms. The van der Waals surface area contributed by atoms with Crippen LogP contribution in [0.1, 0.15) is 34.6 Å². The molecule has 1 aliphatic heterocycles. The van der Waals surface area contributed by atoms with E-state index in [1.54, 1.807) is 24.3 Å². The van der Waals surface area contributed by atoms with Crippen LogP contribution in [0.25, 0.3) is 0 Å². The highest BCUT2D eigenvalue weighted by molar-refractivity contribution is 7.80. The lowest BCUT2D eigenvalue weighted by molar-refractivity contribution is -0.122. The number of amides is 1. The number of hydrogen-bond acceptors (Lipinski definition) is 6. The Kier molecular flexibility index (Phi) is 7.88. The van der Waals surface area contributed by atoms with Gasteiger partial charge >= 0.3 is 5.97 Å². The topological polar surface area (TPSA) is 135 Å². The number of ether oxygens (including phenoxy) is 1. The summed E-state index contributed by atoms with van der Waals surface area (Å²) >= 11 is 5.45. The Morgan fingerprint density at radius 3 is 2.27 bits per heavy atom. The molecule has 10 nitrogen and oxygen atoms in total. The molecule has 0 saturated carbocycles. The number of likely N-dealkylation sites (tertiary alicyclic amines) is 1. The van der Waals surface area contributed by atoms with E-state index in [0.717, 1.165) is 11.4 Å². The van der Waals surface area contributed by atoms with Crippen molar-refractivity contribution < 1.29 is 14.3 Å². The third kappa shape index (κ3) is 6.69. The maximum Gasteiger partial charge on any atom is 0.337 e. The Morgan fingerprint density at radius 2 is 1.73 bits per heavy atom. The smallest absolute Gasteiger partial charge is 0.337 e. The van der Waals surface area contributed by atoms with Crippen LogP contribution < -0.4 is 16.4 Å². The largest absolute Gasteiger partial charge is 0.465 e. The molecule has 0 spiro atoms. The van der Waals surface area contributed by atoms with Crippen molar-refractivity contribution in [3.8, 4) is 0 Å². The number of carbonyl (C=O) groups is 2. The van der Waals surface area contributed by atoms with E-state index in [2.05, 4.69) is 25.6 Å². The summed E-state index contributed by atoms with van der Waals surface area (Å²) in [4.78, 5) is 38.6. The molecule has 2 aromatic rings. The Labute approximate surface area is 197 Å². The minimum Gasteiger partial charge on any atom is -0.465 e. The molecule has 1 fully saturated rings. The number of guanidine groups is 1. The van der Waals surface area contributed by atoms with Gasteiger partial charge in [-0.1, -0.05) is 0 Å². The number of aromatic nitrogens is 2. The molecule has 1 amide bonds. The monoisotopic (exact) mass is 469 g/mol. The minimum absolute atomic E-state index is 0.154. The first-order valence-electron chi connectivity index (χ1n) is 10.5. The SMILES string of the molecule is COC(=O)c1ccc(NC(=S)/N=C(/Nc2nc(C)cc(C)n2)N2CCC(C(N)=O)CC2)cc1. The number of carbonyl (C=O) groups excluding carboxylic acids is 2. The number of aliphatic imine (C=N–C) groups is 1. The fourth-order valence-corrected chi connectivity index (χ4v) is 3.69. The van der Waals surface area contributed by atoms with Crippen LogP contribution in [0.5, 0.6) is 0 Å². The predicted octanol–water partition coefficient (Wildman–Crippen LogP) is 2.24. The maximum atomic E-state index is 11.6. The first-order chi connectivity index (χ1) is 15.7. The molecule has 2 heterocycles. The van der Waals surface area contributed by atoms with Crippen LogP contribution in [0.15, 0.2) is 35.3 Å². The van der Waals surface area contributed by atoms with Crippen molar-refractivity contribution in [2.45, 2.75) is 26.7 Å². The standard InChI is InChI=1S/C22H27N7O3S/c1-13-12-14(2)25-20(24-13)27-21(29-10-8-15(9-11-29)18(23)30)28-22(33)26-17-6-4-16(5-7-17)19(31)32-3/h4-7,12,15H,8-11H2,1-3H3,(H2,23,30)(H2,24,25,26,27,28,33). The molecule has 174 valence electrons. The van der Waals surface area contributed by atoms with Crippen LogP contribution in [0.4, 0.5) is 11.6 Å². The lowest BCUT2D eigenvalue weighted by Crippen LogP contribution is -2.45. The maximum absolute atomic E-state index is 11.6. The predicted molar refractivity (Wildman–Crippen MR) is 130 cm³/mol. The molecular weight excluding hydrogens is 442 g/mol. The molecule has 1 aliphatic rings. The first kappa shape index (κ1) is 24.1. The molecule has 1 aromatic heterocycles. The van der Waals surface area contributed by atoms with Crippen molar-refractivity contribution in [2.24, 2.45) is 16.6 Å². The van der Waals surface area contributed by atoms with Gasteiger partial charge in [0.1, 0.15) is 0 Å². The summed E-state index contributed by atoms with van der Waals surface area (Å²) in [6.45, 7) is 4.94. The first-order valence-corrected chi connectivity index (χ1v) is 10.9. The van der Waals surface area contributed by atoms with Gasteiger partial charge in [-0.15, -0.1) is 0 Å². The van der Waals surface area contributed by atoms with Crippen LogP contribution in [0, 0.1) is 19.8 Å². The van der Waals surface area contributed by atoms with E-state index >= 15 is 0 Å². The van der Waals surface area contributed by atoms with Gasteiger partial charge in [-0.3, -0.25) is 10.1 Å². The molecule has 0 bridgehead atoms. The van der Waals surface area contributed by atoms with E-state index in [0.29, 0.717) is 49.1 Å². The molecule has 3 rings (SSSR count). The van der Waals surface area contributed by atoms with Gasteiger partial charge in [-0.25, -0.2) is 14.8 Å². The van der Waals surface area contributed by atoms with Crippen molar-refractivity contribution in [3.63, 3.8) is 0 Å². The number of thiocarbonyl (C=S) groups is 1. The number of nitrogens with two attached hydrogens (primary N) is 1. The fraction of sp³-hybridized carbons (Fsp3) is 0.364. The van der Waals surface area contributed by atoms with E-state index in [9.17, 15) is 9.59 Å². The van der Waals surface area contributed by atoms with E-state index in [1.807, 2.05) is 24.8 Å². The number of benzene rings is 1. The van der Waals surface area contributed by atoms with Crippen molar-refractivity contribution >= 4 is 46.8 Å². The zero-order valence-electron chi connectivity index (χ0n) is 18.8. The van der Waals surface area contributed by atoms with E-state index < -0.39 is 5.97 Å². The third-order valence-corrected chi connectivity index (χ3v) is 5.36. The zero-order chi connectivity index (χ0) is 24.0. The molecule has 1 saturated heterocycles. The summed E-state index contributed by atoms with van der Waals surface area (Å²) in [5.74, 6) is 0.0336. The number of primary amides is 1. The van der Waals surface area contributed by atoms with E-state index in [1.165, 1.54) is 7.11 Å². The van der Waals surface area contributed by atoms with Gasteiger partial charge in [0.15, 0.2) is 0 Å². The number of hydrogen-bond donors (Lipinski definition) is 3. The number of anilines is 2. The van der Waals surface area contributed by atoms with Gasteiger partial charge < -0.3 is 20.7 Å². The molecule has 33 heavy (non-hydrogen) atoms. The summed E-state index contributed by atoms with van der Waals surface area (Å²) in [5, 5.41) is 6.43. The minimum atomic E-state index is -0.415. The van der Waals surface area contributed by atoms with Gasteiger partial charge in [-0.05, 0) is 69.2 Å². The molecule has 0 aliphatic carbocycles. The van der Waals surface area contributed by atoms with Gasteiger partial charge in [0.25, 0.3) is 0 Å². The number of piperidine rings is 1. The molecule has 1 aromatic carbocycles. The lowest BCUT2D eigenvalue weighted by atomic mass is 9.96. The van der Waals surface area contributed by atoms with Crippen LogP contribution >= 0.6 is 12.2 Å². The molecular formula is C22H27N7O3S. The molecule has 4 N–H and O–H groups in total. The van der Waals surface area contributed by atoms with Crippen molar-refractivity contribution in [1.82, 2.24) is 14.9 Å². The number of aryl methyl sites for hydroxylation is 2. The Bertz CT molecular complexity index is 1040. The van der Waals surface area contributed by atoms with Crippen LogP contribution in [0.2, 0.25) is 0 Å². The highest BCUT2D eigenvalue weighted by atomic mass is 32.1. The number of esters is 1. The number of nitrogens with zero attached hydrogens (tertiary/aromatic N) is 4. The second-order valence-electron chi connectivity index (χ2n) is 7.70. The second kappa shape index (κ2) is 10.8. The summed E-state index contributed by atoms with van der Waals surface area (Å²) < 4.78 is 4.71. The van der Waals surface area contributed by atoms with Gasteiger partial charge in [0.2, 0.25) is 22.9 Å². The molecule has 0 unspecified atom stereocenters. The molecule has 0 atom stereocenters. The van der Waals surface area contributed by atoms with Gasteiger partial charge in [0.05, 0.1) is 12.7 Å². The summed E-state index contributed by atoms with van der Waals surface area (Å²) in [6, 6.07) is 8.58. The van der Waals surface area contributed by atoms with Crippen LogP contribution in [0.3, 0.4) is 0 Å². The third-order valence-electron chi connectivity index (χ3n) is 5.17. The Balaban J connectivity index is 1.79. The number of nitrogens with one attached hydrogen (secondary N) is 2. The van der Waals surface area contributed by atoms with E-state index in [4.69, 9.17) is 22.7 Å². The Morgan fingerprint density at radius 1 is 1.12 bits per heavy atom. The van der Waals surface area contributed by atoms with Gasteiger partial charge in [-0.2, -0.15) is 4.99 Å². The fourth-order valence-electron chi connectivity index (χ4n) is 3.49. The van der Waals surface area contributed by atoms with Crippen molar-refractivity contribution in [3.05, 3.63) is 47.3 Å². The zero-order valence-corrected chi connectivity index (χ0v) is 19.6. The van der Waals surface area contributed by atoms with Crippen LogP contribution in [-0.4, -0.2) is 58.0 Å². The van der Waals surface area contributed by atoms with Crippen molar-refractivity contribution in [1.29, 1.82) is 0 Å². The Hall–Kier alpha value is -3.60. The highest BCUT2D eigenvalue weighted by Crippen LogP contribution is 2.18. The molecule has 0 radical (unpaired) electrons. The average molecular weight is 470 g/mol. The summed E-state index contributed by atoms with van der Waals surface area (Å²) in [5.41, 5.74) is 8.22. The van der Waals surface area contributed by atoms with Crippen LogP contribution in [-0.2, 0) is 9.53 Å². The quantitative estimate of drug-likeness (QED) is 0.267. The second-order valence-corrected chi connectivity index (χ2v) is 8.08. The van der Waals surface area contributed by atoms with Crippen molar-refractivity contribution in [2.75, 3.05) is 30.8 Å². The summed E-state index contributed by atoms with van der Waals surface area (Å²) in [6.07, 6.45) is 1.25. The van der Waals surface area contributed by atoms with E-state index in [-0.39, 0.29) is 16.9 Å². The number of rotatable bonds is 4. The lowest BCUT2D eigenvalue weighted by Gasteiger charge is -2.32. The average Bonchev–Trinajstić information content (AvgIpc) is 2.78. The summed E-state index contributed by atoms with van der Waals surface area (Å²) in [7, 11) is 1.33. The highest BCUT2D eigenvalue weighted by Gasteiger charge is 2.25.